The molecule has 0 aromatic heterocycles. The van der Waals surface area contributed by atoms with Crippen molar-refractivity contribution in [3.63, 3.8) is 0 Å². The monoisotopic (exact) mass is 282 g/mol. The second-order valence-corrected chi connectivity index (χ2v) is 7.48. The summed E-state index contributed by atoms with van der Waals surface area (Å²) >= 11 is 0. The van der Waals surface area contributed by atoms with Crippen molar-refractivity contribution in [2.45, 2.75) is 114 Å². The van der Waals surface area contributed by atoms with Gasteiger partial charge in [-0.05, 0) is 38.5 Å². The normalized spacial score (nSPS) is 26.7. The maximum Gasteiger partial charge on any atom is 0.0647 e. The number of unbranched alkanes of at least 4 members (excludes halogenated alkanes) is 1. The molecule has 0 bridgehead atoms. The molecule has 0 atom stereocenters. The molecule has 20 heavy (non-hydrogen) atoms. The van der Waals surface area contributed by atoms with E-state index in [4.69, 9.17) is 0 Å². The maximum absolute atomic E-state index is 10.6. The van der Waals surface area contributed by atoms with E-state index in [1.54, 1.807) is 0 Å². The van der Waals surface area contributed by atoms with Gasteiger partial charge in [0.05, 0.1) is 11.2 Å². The molecule has 2 aliphatic rings. The Hall–Kier alpha value is -0.0800. The molecule has 0 saturated heterocycles. The molecule has 2 N–H and O–H groups in total. The third-order valence-electron chi connectivity index (χ3n) is 5.60. The van der Waals surface area contributed by atoms with Gasteiger partial charge >= 0.3 is 0 Å². The van der Waals surface area contributed by atoms with E-state index in [1.807, 2.05) is 0 Å². The van der Waals surface area contributed by atoms with Crippen LogP contribution in [0.5, 0.6) is 0 Å². The van der Waals surface area contributed by atoms with E-state index in [1.165, 1.54) is 51.4 Å². The van der Waals surface area contributed by atoms with Gasteiger partial charge in [-0.25, -0.2) is 0 Å². The van der Waals surface area contributed by atoms with Crippen molar-refractivity contribution < 1.29 is 10.2 Å². The van der Waals surface area contributed by atoms with Crippen LogP contribution in [0.3, 0.4) is 0 Å². The summed E-state index contributed by atoms with van der Waals surface area (Å²) in [7, 11) is 0. The van der Waals surface area contributed by atoms with Crippen LogP contribution in [0, 0.1) is 0 Å². The number of aliphatic hydroxyl groups is 2. The lowest BCUT2D eigenvalue weighted by atomic mass is 9.85. The summed E-state index contributed by atoms with van der Waals surface area (Å²) in [4.78, 5) is 0. The van der Waals surface area contributed by atoms with E-state index in [-0.39, 0.29) is 11.2 Å². The number of rotatable bonds is 5. The summed E-state index contributed by atoms with van der Waals surface area (Å²) in [5, 5.41) is 21.3. The molecule has 0 aromatic rings. The zero-order valence-electron chi connectivity index (χ0n) is 13.2. The maximum atomic E-state index is 10.6. The Labute approximate surface area is 125 Å². The van der Waals surface area contributed by atoms with Crippen molar-refractivity contribution >= 4 is 0 Å². The average Bonchev–Trinajstić information content (AvgIpc) is 2.77. The van der Waals surface area contributed by atoms with E-state index in [0.717, 1.165) is 51.4 Å². The van der Waals surface area contributed by atoms with Gasteiger partial charge in [0.2, 0.25) is 0 Å². The van der Waals surface area contributed by atoms with Crippen LogP contribution in [0.15, 0.2) is 0 Å². The van der Waals surface area contributed by atoms with Crippen LogP contribution in [0.1, 0.15) is 103 Å². The van der Waals surface area contributed by atoms with Crippen molar-refractivity contribution in [1.82, 2.24) is 0 Å². The first-order valence-electron chi connectivity index (χ1n) is 9.07. The Morgan fingerprint density at radius 2 is 0.800 bits per heavy atom. The predicted molar refractivity (Wildman–Crippen MR) is 83.8 cm³/mol. The minimum Gasteiger partial charge on any atom is -0.390 e. The van der Waals surface area contributed by atoms with E-state index in [2.05, 4.69) is 0 Å². The first kappa shape index (κ1) is 16.3. The van der Waals surface area contributed by atoms with Crippen LogP contribution in [0.2, 0.25) is 0 Å². The van der Waals surface area contributed by atoms with E-state index < -0.39 is 0 Å². The Morgan fingerprint density at radius 1 is 0.500 bits per heavy atom. The predicted octanol–water partition coefficient (Wildman–Crippen LogP) is 4.72. The van der Waals surface area contributed by atoms with Crippen LogP contribution in [-0.4, -0.2) is 21.4 Å². The quantitative estimate of drug-likeness (QED) is 0.566. The molecule has 2 fully saturated rings. The van der Waals surface area contributed by atoms with Gasteiger partial charge in [0.15, 0.2) is 0 Å². The third kappa shape index (κ3) is 5.37. The van der Waals surface area contributed by atoms with Crippen LogP contribution in [0.4, 0.5) is 0 Å². The molecule has 0 radical (unpaired) electrons. The second-order valence-electron chi connectivity index (χ2n) is 7.48. The van der Waals surface area contributed by atoms with Crippen LogP contribution in [0.25, 0.3) is 0 Å². The molecule has 0 unspecified atom stereocenters. The summed E-state index contributed by atoms with van der Waals surface area (Å²) in [6.45, 7) is 0. The summed E-state index contributed by atoms with van der Waals surface area (Å²) in [6, 6.07) is 0. The SMILES string of the molecule is OC1(CCCCC2(O)CCCCCC2)CCCCCC1. The summed E-state index contributed by atoms with van der Waals surface area (Å²) in [6.07, 6.45) is 18.0. The highest BCUT2D eigenvalue weighted by Crippen LogP contribution is 2.34. The Morgan fingerprint density at radius 3 is 1.10 bits per heavy atom. The highest BCUT2D eigenvalue weighted by atomic mass is 16.3. The van der Waals surface area contributed by atoms with Crippen LogP contribution < -0.4 is 0 Å². The highest BCUT2D eigenvalue weighted by Gasteiger charge is 2.29. The topological polar surface area (TPSA) is 40.5 Å². The second kappa shape index (κ2) is 7.79. The molecule has 0 aliphatic heterocycles. The lowest BCUT2D eigenvalue weighted by molar-refractivity contribution is 0.000371. The summed E-state index contributed by atoms with van der Waals surface area (Å²) in [5.74, 6) is 0. The van der Waals surface area contributed by atoms with Crippen LogP contribution in [-0.2, 0) is 0 Å². The number of hydrogen-bond donors (Lipinski definition) is 2. The summed E-state index contributed by atoms with van der Waals surface area (Å²) in [5.41, 5.74) is -0.773. The van der Waals surface area contributed by atoms with Gasteiger partial charge in [-0.15, -0.1) is 0 Å². The third-order valence-corrected chi connectivity index (χ3v) is 5.60. The molecule has 118 valence electrons. The fourth-order valence-corrected chi connectivity index (χ4v) is 4.18. The Kier molecular flexibility index (Phi) is 6.35. The van der Waals surface area contributed by atoms with Crippen molar-refractivity contribution in [2.24, 2.45) is 0 Å². The first-order chi connectivity index (χ1) is 9.62. The molecule has 0 amide bonds. The smallest absolute Gasteiger partial charge is 0.0647 e. The largest absolute Gasteiger partial charge is 0.390 e. The van der Waals surface area contributed by atoms with E-state index >= 15 is 0 Å². The highest BCUT2D eigenvalue weighted by molar-refractivity contribution is 4.83. The van der Waals surface area contributed by atoms with Gasteiger partial charge in [0.1, 0.15) is 0 Å². The summed E-state index contributed by atoms with van der Waals surface area (Å²) < 4.78 is 0. The van der Waals surface area contributed by atoms with Crippen LogP contribution >= 0.6 is 0 Å². The first-order valence-corrected chi connectivity index (χ1v) is 9.07. The van der Waals surface area contributed by atoms with Gasteiger partial charge in [-0.1, -0.05) is 64.2 Å². The van der Waals surface area contributed by atoms with Crippen molar-refractivity contribution in [1.29, 1.82) is 0 Å². The van der Waals surface area contributed by atoms with E-state index in [9.17, 15) is 10.2 Å². The van der Waals surface area contributed by atoms with Gasteiger partial charge < -0.3 is 10.2 Å². The van der Waals surface area contributed by atoms with Gasteiger partial charge in [0, 0.05) is 0 Å². The minimum absolute atomic E-state index is 0.386. The standard InChI is InChI=1S/C18H34O2/c19-17(11-5-1-2-6-12-17)15-9-10-16-18(20)13-7-3-4-8-14-18/h19-20H,1-16H2. The lowest BCUT2D eigenvalue weighted by Gasteiger charge is -2.29. The molecular weight excluding hydrogens is 248 g/mol. The fourth-order valence-electron chi connectivity index (χ4n) is 4.18. The molecule has 2 nitrogen and oxygen atoms in total. The molecule has 0 aromatic carbocycles. The van der Waals surface area contributed by atoms with Gasteiger partial charge in [0.25, 0.3) is 0 Å². The zero-order chi connectivity index (χ0) is 14.3. The van der Waals surface area contributed by atoms with Crippen molar-refractivity contribution in [3.05, 3.63) is 0 Å². The van der Waals surface area contributed by atoms with E-state index in [0.29, 0.717) is 0 Å². The fraction of sp³-hybridized carbons (Fsp3) is 1.00. The number of hydrogen-bond acceptors (Lipinski definition) is 2. The molecular formula is C18H34O2. The minimum atomic E-state index is -0.386. The van der Waals surface area contributed by atoms with Gasteiger partial charge in [-0.3, -0.25) is 0 Å². The van der Waals surface area contributed by atoms with Gasteiger partial charge in [-0.2, -0.15) is 0 Å². The molecule has 2 saturated carbocycles. The average molecular weight is 282 g/mol. The zero-order valence-corrected chi connectivity index (χ0v) is 13.2. The Bertz CT molecular complexity index is 231. The molecule has 2 rings (SSSR count). The lowest BCUT2D eigenvalue weighted by Crippen LogP contribution is -2.29. The molecule has 2 heteroatoms. The van der Waals surface area contributed by atoms with Crippen molar-refractivity contribution in [2.75, 3.05) is 0 Å². The van der Waals surface area contributed by atoms with Crippen molar-refractivity contribution in [3.8, 4) is 0 Å². The molecule has 0 spiro atoms. The Balaban J connectivity index is 1.67. The molecule has 2 aliphatic carbocycles. The molecule has 0 heterocycles.